The van der Waals surface area contributed by atoms with Crippen LogP contribution in [0.4, 0.5) is 4.79 Å². The minimum atomic E-state index is -1.14. The van der Waals surface area contributed by atoms with Crippen LogP contribution >= 0.6 is 0 Å². The van der Waals surface area contributed by atoms with Crippen molar-refractivity contribution in [3.63, 3.8) is 0 Å². The molecule has 10 nitrogen and oxygen atoms in total. The van der Waals surface area contributed by atoms with Gasteiger partial charge in [0.25, 0.3) is 0 Å². The van der Waals surface area contributed by atoms with Crippen LogP contribution in [0.2, 0.25) is 0 Å². The lowest BCUT2D eigenvalue weighted by Crippen LogP contribution is -2.44. The molecule has 0 spiro atoms. The maximum absolute atomic E-state index is 13.1. The molecule has 3 atom stereocenters. The largest absolute Gasteiger partial charge is 0.469 e. The van der Waals surface area contributed by atoms with E-state index in [9.17, 15) is 19.2 Å². The summed E-state index contributed by atoms with van der Waals surface area (Å²) >= 11 is 0. The molecule has 1 aromatic heterocycles. The van der Waals surface area contributed by atoms with Crippen LogP contribution in [0, 0.1) is 5.92 Å². The number of hydrogen-bond acceptors (Lipinski definition) is 9. The number of hydrogen-bond donors (Lipinski definition) is 0. The van der Waals surface area contributed by atoms with Gasteiger partial charge in [0.2, 0.25) is 0 Å². The first-order valence-electron chi connectivity index (χ1n) is 10.6. The summed E-state index contributed by atoms with van der Waals surface area (Å²) in [6, 6.07) is 11.2. The summed E-state index contributed by atoms with van der Waals surface area (Å²) in [5, 5.41) is 0. The molecule has 0 radical (unpaired) electrons. The SMILES string of the molecule is COC(=O)C[C@H]1[C@@H](c2cccnc2C(=O)OC)CN(C(=O)OCc2ccccc2)[C@H]1C(=O)OC. The lowest BCUT2D eigenvalue weighted by molar-refractivity contribution is -0.148. The van der Waals surface area contributed by atoms with E-state index in [1.165, 1.54) is 32.4 Å². The molecular formula is C24H26N2O8. The van der Waals surface area contributed by atoms with Crippen molar-refractivity contribution < 1.29 is 38.1 Å². The number of carbonyl (C=O) groups excluding carboxylic acids is 4. The fourth-order valence-corrected chi connectivity index (χ4v) is 4.17. The number of likely N-dealkylation sites (tertiary alicyclic amines) is 1. The van der Waals surface area contributed by atoms with E-state index in [1.54, 1.807) is 24.3 Å². The van der Waals surface area contributed by atoms with Gasteiger partial charge in [-0.05, 0) is 17.2 Å². The zero-order chi connectivity index (χ0) is 24.7. The van der Waals surface area contributed by atoms with Crippen molar-refractivity contribution in [3.05, 3.63) is 65.5 Å². The maximum atomic E-state index is 13.1. The molecule has 1 amide bonds. The Morgan fingerprint density at radius 3 is 2.35 bits per heavy atom. The topological polar surface area (TPSA) is 121 Å². The number of nitrogens with zero attached hydrogens (tertiary/aromatic N) is 2. The molecule has 1 fully saturated rings. The standard InChI is InChI=1S/C24H26N2O8/c1-31-19(27)12-17-18(16-10-7-11-25-20(16)22(28)32-2)13-26(21(17)23(29)33-3)24(30)34-14-15-8-5-4-6-9-15/h4-11,17-18,21H,12-14H2,1-3H3/t17-,18+,21+/m0/s1. The van der Waals surface area contributed by atoms with E-state index in [0.717, 1.165) is 5.56 Å². The second kappa shape index (κ2) is 11.3. The molecule has 1 saturated heterocycles. The first-order chi connectivity index (χ1) is 16.4. The van der Waals surface area contributed by atoms with Crippen LogP contribution in [0.25, 0.3) is 0 Å². The summed E-state index contributed by atoms with van der Waals surface area (Å²) < 4.78 is 20.1. The van der Waals surface area contributed by atoms with Gasteiger partial charge in [0.05, 0.1) is 27.8 Å². The molecule has 0 aliphatic carbocycles. The van der Waals surface area contributed by atoms with Gasteiger partial charge in [-0.2, -0.15) is 0 Å². The van der Waals surface area contributed by atoms with Gasteiger partial charge in [-0.3, -0.25) is 9.69 Å². The number of ether oxygens (including phenoxy) is 4. The second-order valence-corrected chi connectivity index (χ2v) is 7.64. The number of rotatable bonds is 7. The normalized spacial score (nSPS) is 19.3. The van der Waals surface area contributed by atoms with Crippen LogP contribution < -0.4 is 0 Å². The Morgan fingerprint density at radius 2 is 1.71 bits per heavy atom. The monoisotopic (exact) mass is 470 g/mol. The van der Waals surface area contributed by atoms with Crippen molar-refractivity contribution in [2.24, 2.45) is 5.92 Å². The van der Waals surface area contributed by atoms with Gasteiger partial charge in [0, 0.05) is 24.6 Å². The van der Waals surface area contributed by atoms with Gasteiger partial charge in [-0.15, -0.1) is 0 Å². The molecule has 0 bridgehead atoms. The summed E-state index contributed by atoms with van der Waals surface area (Å²) in [5.74, 6) is -3.33. The van der Waals surface area contributed by atoms with Crippen molar-refractivity contribution in [3.8, 4) is 0 Å². The second-order valence-electron chi connectivity index (χ2n) is 7.64. The molecule has 1 aromatic carbocycles. The average molecular weight is 470 g/mol. The number of pyridine rings is 1. The van der Waals surface area contributed by atoms with Crippen LogP contribution in [-0.4, -0.2) is 67.8 Å². The van der Waals surface area contributed by atoms with E-state index < -0.39 is 41.9 Å². The third-order valence-electron chi connectivity index (χ3n) is 5.78. The van der Waals surface area contributed by atoms with Gasteiger partial charge >= 0.3 is 24.0 Å². The number of aromatic nitrogens is 1. The van der Waals surface area contributed by atoms with Crippen LogP contribution in [-0.2, 0) is 35.1 Å². The molecule has 3 rings (SSSR count). The summed E-state index contributed by atoms with van der Waals surface area (Å²) in [6.45, 7) is -0.0125. The molecule has 1 aliphatic rings. The highest BCUT2D eigenvalue weighted by Gasteiger charge is 2.51. The molecule has 2 heterocycles. The fourth-order valence-electron chi connectivity index (χ4n) is 4.17. The summed E-state index contributed by atoms with van der Waals surface area (Å²) in [4.78, 5) is 55.8. The Bertz CT molecular complexity index is 1040. The predicted octanol–water partition coefficient (Wildman–Crippen LogP) is 2.33. The molecular weight excluding hydrogens is 444 g/mol. The molecule has 180 valence electrons. The number of esters is 3. The van der Waals surface area contributed by atoms with Crippen LogP contribution in [0.15, 0.2) is 48.7 Å². The van der Waals surface area contributed by atoms with Gasteiger partial charge in [-0.1, -0.05) is 36.4 Å². The highest BCUT2D eigenvalue weighted by atomic mass is 16.6. The quantitative estimate of drug-likeness (QED) is 0.443. The van der Waals surface area contributed by atoms with Crippen molar-refractivity contribution in [2.45, 2.75) is 25.0 Å². The van der Waals surface area contributed by atoms with Gasteiger partial charge in [0.1, 0.15) is 12.6 Å². The smallest absolute Gasteiger partial charge is 0.410 e. The third-order valence-corrected chi connectivity index (χ3v) is 5.78. The first kappa shape index (κ1) is 24.7. The first-order valence-corrected chi connectivity index (χ1v) is 10.6. The van der Waals surface area contributed by atoms with Crippen molar-refractivity contribution in [2.75, 3.05) is 27.9 Å². The van der Waals surface area contributed by atoms with E-state index in [4.69, 9.17) is 18.9 Å². The zero-order valence-corrected chi connectivity index (χ0v) is 19.1. The van der Waals surface area contributed by atoms with E-state index >= 15 is 0 Å². The lowest BCUT2D eigenvalue weighted by atomic mass is 9.82. The number of methoxy groups -OCH3 is 3. The molecule has 1 aliphatic heterocycles. The molecule has 0 N–H and O–H groups in total. The highest BCUT2D eigenvalue weighted by molar-refractivity contribution is 5.89. The predicted molar refractivity (Wildman–Crippen MR) is 118 cm³/mol. The Labute approximate surface area is 196 Å². The van der Waals surface area contributed by atoms with Crippen LogP contribution in [0.3, 0.4) is 0 Å². The van der Waals surface area contributed by atoms with Crippen molar-refractivity contribution in [1.82, 2.24) is 9.88 Å². The lowest BCUT2D eigenvalue weighted by Gasteiger charge is -2.25. The van der Waals surface area contributed by atoms with Crippen LogP contribution in [0.5, 0.6) is 0 Å². The van der Waals surface area contributed by atoms with Crippen molar-refractivity contribution in [1.29, 1.82) is 0 Å². The zero-order valence-electron chi connectivity index (χ0n) is 19.1. The highest BCUT2D eigenvalue weighted by Crippen LogP contribution is 2.41. The Balaban J connectivity index is 1.98. The summed E-state index contributed by atoms with van der Waals surface area (Å²) in [5.41, 5.74) is 1.25. The maximum Gasteiger partial charge on any atom is 0.410 e. The molecule has 10 heteroatoms. The van der Waals surface area contributed by atoms with E-state index in [0.29, 0.717) is 5.56 Å². The third kappa shape index (κ3) is 5.33. The van der Waals surface area contributed by atoms with Crippen LogP contribution in [0.1, 0.15) is 34.0 Å². The Morgan fingerprint density at radius 1 is 0.971 bits per heavy atom. The molecule has 34 heavy (non-hydrogen) atoms. The number of benzene rings is 1. The molecule has 0 unspecified atom stereocenters. The minimum Gasteiger partial charge on any atom is -0.469 e. The number of carbonyl (C=O) groups is 4. The van der Waals surface area contributed by atoms with E-state index in [-0.39, 0.29) is 25.3 Å². The van der Waals surface area contributed by atoms with Gasteiger partial charge in [0.15, 0.2) is 5.69 Å². The Kier molecular flexibility index (Phi) is 8.18. The average Bonchev–Trinajstić information content (AvgIpc) is 3.25. The van der Waals surface area contributed by atoms with Gasteiger partial charge in [-0.25, -0.2) is 19.4 Å². The summed E-state index contributed by atoms with van der Waals surface area (Å²) in [7, 11) is 3.66. The summed E-state index contributed by atoms with van der Waals surface area (Å²) in [6.07, 6.45) is 0.489. The minimum absolute atomic E-state index is 0.00327. The van der Waals surface area contributed by atoms with Crippen molar-refractivity contribution >= 4 is 24.0 Å². The number of amides is 1. The van der Waals surface area contributed by atoms with Gasteiger partial charge < -0.3 is 18.9 Å². The van der Waals surface area contributed by atoms with E-state index in [1.807, 2.05) is 18.2 Å². The molecule has 2 aromatic rings. The Hall–Kier alpha value is -3.95. The fraction of sp³-hybridized carbons (Fsp3) is 0.375. The molecule has 0 saturated carbocycles. The van der Waals surface area contributed by atoms with E-state index in [2.05, 4.69) is 4.98 Å².